The van der Waals surface area contributed by atoms with Crippen LogP contribution >= 0.6 is 11.6 Å². The number of rotatable bonds is 5. The smallest absolute Gasteiger partial charge is 0.155 e. The van der Waals surface area contributed by atoms with Gasteiger partial charge in [0.05, 0.1) is 23.6 Å². The highest BCUT2D eigenvalue weighted by Gasteiger charge is 2.18. The number of hydrogen-bond donors (Lipinski definition) is 3. The average molecular weight is 418 g/mol. The third-order valence-electron chi connectivity index (χ3n) is 4.90. The van der Waals surface area contributed by atoms with Gasteiger partial charge in [-0.1, -0.05) is 29.8 Å². The maximum atomic E-state index is 6.09. The molecular weight excluding hydrogens is 398 g/mol. The summed E-state index contributed by atoms with van der Waals surface area (Å²) in [6, 6.07) is 11.8. The number of hydrogen-bond acceptors (Lipinski definition) is 5. The number of fused-ring (bicyclic) bond motifs is 1. The van der Waals surface area contributed by atoms with E-state index in [0.29, 0.717) is 11.6 Å². The topological polar surface area (TPSA) is 82.9 Å². The van der Waals surface area contributed by atoms with Gasteiger partial charge in [0, 0.05) is 28.5 Å². The van der Waals surface area contributed by atoms with Crippen molar-refractivity contribution in [1.29, 1.82) is 0 Å². The molecule has 1 aliphatic rings. The van der Waals surface area contributed by atoms with E-state index < -0.39 is 0 Å². The number of nitrogens with zero attached hydrogens (tertiary/aromatic N) is 4. The van der Waals surface area contributed by atoms with Crippen LogP contribution in [0.5, 0.6) is 0 Å². The molecule has 1 aliphatic heterocycles. The Bertz CT molecular complexity index is 1270. The highest BCUT2D eigenvalue weighted by Crippen LogP contribution is 2.28. The molecule has 3 aromatic heterocycles. The van der Waals surface area contributed by atoms with Gasteiger partial charge < -0.3 is 15.6 Å². The molecule has 5 rings (SSSR count). The number of benzene rings is 1. The minimum absolute atomic E-state index is 0.243. The van der Waals surface area contributed by atoms with Gasteiger partial charge in [-0.2, -0.15) is 5.10 Å². The summed E-state index contributed by atoms with van der Waals surface area (Å²) in [5.74, 6) is 0.823. The number of imidazole rings is 1. The Morgan fingerprint density at radius 3 is 3.03 bits per heavy atom. The standard InChI is InChI=1S/C22H20ClN7/c1-14-4-2-7-18(27-14)22-21(15-8-9-20-25-13-26-30(20)12-15)28-19(29-22)11-24-17-6-3-5-16(23)10-17/h2-10,12-14,24,27H,11H2,1H3,(H,28,29). The summed E-state index contributed by atoms with van der Waals surface area (Å²) < 4.78 is 1.75. The maximum Gasteiger partial charge on any atom is 0.155 e. The summed E-state index contributed by atoms with van der Waals surface area (Å²) in [7, 11) is 0. The lowest BCUT2D eigenvalue weighted by atomic mass is 10.1. The fraction of sp³-hybridized carbons (Fsp3) is 0.136. The number of allylic oxidation sites excluding steroid dienone is 2. The third kappa shape index (κ3) is 3.67. The summed E-state index contributed by atoms with van der Waals surface area (Å²) >= 11 is 6.09. The van der Waals surface area contributed by atoms with Crippen LogP contribution in [0, 0.1) is 0 Å². The first-order valence-electron chi connectivity index (χ1n) is 9.69. The van der Waals surface area contributed by atoms with E-state index >= 15 is 0 Å². The average Bonchev–Trinajstić information content (AvgIpc) is 3.39. The van der Waals surface area contributed by atoms with Gasteiger partial charge in [0.15, 0.2) is 5.65 Å². The van der Waals surface area contributed by atoms with E-state index in [4.69, 9.17) is 16.6 Å². The van der Waals surface area contributed by atoms with Crippen molar-refractivity contribution in [1.82, 2.24) is 29.9 Å². The summed E-state index contributed by atoms with van der Waals surface area (Å²) in [6.07, 6.45) is 9.72. The van der Waals surface area contributed by atoms with E-state index in [1.807, 2.05) is 42.6 Å². The van der Waals surface area contributed by atoms with Gasteiger partial charge >= 0.3 is 0 Å². The lowest BCUT2D eigenvalue weighted by Gasteiger charge is -2.18. The Hall–Kier alpha value is -3.58. The highest BCUT2D eigenvalue weighted by molar-refractivity contribution is 6.30. The van der Waals surface area contributed by atoms with Crippen molar-refractivity contribution in [3.05, 3.63) is 83.7 Å². The Kier molecular flexibility index (Phi) is 4.72. The summed E-state index contributed by atoms with van der Waals surface area (Å²) in [5, 5.41) is 11.8. The largest absolute Gasteiger partial charge is 0.378 e. The van der Waals surface area contributed by atoms with E-state index in [2.05, 4.69) is 50.9 Å². The number of H-pyrrole nitrogens is 1. The van der Waals surface area contributed by atoms with Crippen molar-refractivity contribution < 1.29 is 0 Å². The summed E-state index contributed by atoms with van der Waals surface area (Å²) in [4.78, 5) is 12.6. The molecule has 0 fully saturated rings. The van der Waals surface area contributed by atoms with E-state index in [1.165, 1.54) is 0 Å². The van der Waals surface area contributed by atoms with Gasteiger partial charge in [0.25, 0.3) is 0 Å². The second kappa shape index (κ2) is 7.68. The van der Waals surface area contributed by atoms with Crippen molar-refractivity contribution in [2.75, 3.05) is 5.32 Å². The van der Waals surface area contributed by atoms with Crippen LogP contribution in [-0.4, -0.2) is 30.6 Å². The van der Waals surface area contributed by atoms with E-state index in [9.17, 15) is 0 Å². The number of aromatic nitrogens is 5. The maximum absolute atomic E-state index is 6.09. The van der Waals surface area contributed by atoms with Crippen LogP contribution in [0.1, 0.15) is 18.4 Å². The fourth-order valence-electron chi connectivity index (χ4n) is 3.47. The van der Waals surface area contributed by atoms with Crippen molar-refractivity contribution >= 4 is 28.6 Å². The van der Waals surface area contributed by atoms with Gasteiger partial charge in [-0.25, -0.2) is 14.5 Å². The molecule has 0 saturated carbocycles. The predicted molar refractivity (Wildman–Crippen MR) is 119 cm³/mol. The minimum Gasteiger partial charge on any atom is -0.378 e. The molecule has 1 atom stereocenters. The Balaban J connectivity index is 1.52. The number of dihydropyridines is 1. The molecule has 8 heteroatoms. The molecule has 1 unspecified atom stereocenters. The van der Waals surface area contributed by atoms with E-state index in [-0.39, 0.29) is 6.04 Å². The lowest BCUT2D eigenvalue weighted by molar-refractivity contribution is 0.775. The van der Waals surface area contributed by atoms with Crippen molar-refractivity contribution in [3.8, 4) is 11.3 Å². The molecule has 0 bridgehead atoms. The number of anilines is 1. The molecular formula is C22H20ClN7. The Labute approximate surface area is 178 Å². The van der Waals surface area contributed by atoms with Gasteiger partial charge in [0.2, 0.25) is 0 Å². The van der Waals surface area contributed by atoms with Crippen LogP contribution < -0.4 is 10.6 Å². The third-order valence-corrected chi connectivity index (χ3v) is 5.14. The zero-order chi connectivity index (χ0) is 20.5. The van der Waals surface area contributed by atoms with E-state index in [0.717, 1.165) is 39.8 Å². The van der Waals surface area contributed by atoms with Gasteiger partial charge in [0.1, 0.15) is 12.2 Å². The first-order chi connectivity index (χ1) is 14.7. The molecule has 7 nitrogen and oxygen atoms in total. The molecule has 0 aliphatic carbocycles. The van der Waals surface area contributed by atoms with Gasteiger partial charge in [-0.3, -0.25) is 0 Å². The van der Waals surface area contributed by atoms with Crippen molar-refractivity contribution in [2.45, 2.75) is 19.5 Å². The number of pyridine rings is 1. The predicted octanol–water partition coefficient (Wildman–Crippen LogP) is 4.27. The fourth-order valence-corrected chi connectivity index (χ4v) is 3.66. The molecule has 3 N–H and O–H groups in total. The Morgan fingerprint density at radius 2 is 2.17 bits per heavy atom. The molecule has 0 radical (unpaired) electrons. The van der Waals surface area contributed by atoms with Gasteiger partial charge in [-0.05, 0) is 43.3 Å². The van der Waals surface area contributed by atoms with Crippen LogP contribution in [0.3, 0.4) is 0 Å². The minimum atomic E-state index is 0.243. The van der Waals surface area contributed by atoms with Crippen molar-refractivity contribution in [3.63, 3.8) is 0 Å². The van der Waals surface area contributed by atoms with Crippen molar-refractivity contribution in [2.24, 2.45) is 0 Å². The molecule has 150 valence electrons. The van der Waals surface area contributed by atoms with Crippen LogP contribution in [0.15, 0.2) is 67.2 Å². The molecule has 1 aromatic carbocycles. The molecule has 0 saturated heterocycles. The first kappa shape index (κ1) is 18.4. The number of halogens is 1. The molecule has 0 spiro atoms. The summed E-state index contributed by atoms with van der Waals surface area (Å²) in [6.45, 7) is 2.65. The highest BCUT2D eigenvalue weighted by atomic mass is 35.5. The monoisotopic (exact) mass is 417 g/mol. The second-order valence-electron chi connectivity index (χ2n) is 7.15. The number of nitrogens with one attached hydrogen (secondary N) is 3. The van der Waals surface area contributed by atoms with Crippen LogP contribution in [0.25, 0.3) is 22.6 Å². The SMILES string of the molecule is CC1C=CC=C(c2[nH]c(CNc3cccc(Cl)c3)nc2-c2ccc3ncnn3c2)N1. The normalized spacial score (nSPS) is 15.8. The van der Waals surface area contributed by atoms with Crippen LogP contribution in [0.2, 0.25) is 5.02 Å². The summed E-state index contributed by atoms with van der Waals surface area (Å²) in [5.41, 5.74) is 5.49. The van der Waals surface area contributed by atoms with Gasteiger partial charge in [-0.15, -0.1) is 0 Å². The quantitative estimate of drug-likeness (QED) is 0.451. The zero-order valence-electron chi connectivity index (χ0n) is 16.3. The number of aromatic amines is 1. The van der Waals surface area contributed by atoms with E-state index in [1.54, 1.807) is 10.8 Å². The molecule has 4 heterocycles. The zero-order valence-corrected chi connectivity index (χ0v) is 17.1. The lowest BCUT2D eigenvalue weighted by Crippen LogP contribution is -2.24. The Morgan fingerprint density at radius 1 is 1.23 bits per heavy atom. The van der Waals surface area contributed by atoms with Crippen LogP contribution in [-0.2, 0) is 6.54 Å². The first-order valence-corrected chi connectivity index (χ1v) is 10.1. The molecule has 4 aromatic rings. The van der Waals surface area contributed by atoms with Crippen LogP contribution in [0.4, 0.5) is 5.69 Å². The molecule has 30 heavy (non-hydrogen) atoms. The molecule has 0 amide bonds. The second-order valence-corrected chi connectivity index (χ2v) is 7.59.